The van der Waals surface area contributed by atoms with E-state index < -0.39 is 41.9 Å². The summed E-state index contributed by atoms with van der Waals surface area (Å²) in [5, 5.41) is 0. The smallest absolute Gasteiger partial charge is 0.300 e. The van der Waals surface area contributed by atoms with E-state index in [4.69, 9.17) is 20.6 Å². The molecule has 10 nitrogen and oxygen atoms in total. The Labute approximate surface area is 179 Å². The van der Waals surface area contributed by atoms with Crippen LogP contribution >= 0.6 is 0 Å². The molecule has 0 heterocycles. The molecule has 31 heavy (non-hydrogen) atoms. The van der Waals surface area contributed by atoms with Crippen molar-refractivity contribution in [2.45, 2.75) is 6.92 Å². The third-order valence-electron chi connectivity index (χ3n) is 3.62. The molecule has 6 N–H and O–H groups in total. The van der Waals surface area contributed by atoms with E-state index in [1.54, 1.807) is 48.5 Å². The lowest BCUT2D eigenvalue weighted by atomic mass is 10.1. The maximum Gasteiger partial charge on any atom is 0.300 e. The lowest BCUT2D eigenvalue weighted by molar-refractivity contribution is -0.115. The number of hydrogen-bond acceptors (Lipinski definition) is 6. The monoisotopic (exact) mass is 468 g/mol. The van der Waals surface area contributed by atoms with Crippen LogP contribution in [0.4, 0.5) is 0 Å². The molecule has 0 atom stereocenters. The molecule has 0 spiro atoms. The minimum Gasteiger partial charge on any atom is -0.366 e. The summed E-state index contributed by atoms with van der Waals surface area (Å²) in [5.41, 5.74) is 10.3. The van der Waals surface area contributed by atoms with Crippen molar-refractivity contribution in [2.24, 2.45) is 11.5 Å². The average Bonchev–Trinajstić information content (AvgIpc) is 2.66. The van der Waals surface area contributed by atoms with Crippen molar-refractivity contribution in [3.8, 4) is 0 Å². The average molecular weight is 469 g/mol. The zero-order valence-electron chi connectivity index (χ0n) is 16.2. The summed E-state index contributed by atoms with van der Waals surface area (Å²) >= 11 is 0. The fourth-order valence-corrected chi connectivity index (χ4v) is 3.69. The maximum absolute atomic E-state index is 11.2. The van der Waals surface area contributed by atoms with Crippen molar-refractivity contribution in [3.05, 3.63) is 82.3 Å². The first-order chi connectivity index (χ1) is 14.2. The summed E-state index contributed by atoms with van der Waals surface area (Å²) in [4.78, 5) is 20.4. The number of benzene rings is 2. The largest absolute Gasteiger partial charge is 0.366 e. The van der Waals surface area contributed by atoms with Crippen LogP contribution in [-0.4, -0.2) is 37.8 Å². The number of rotatable bonds is 6. The number of nitrogens with two attached hydrogens (primary N) is 2. The van der Waals surface area contributed by atoms with Crippen LogP contribution in [-0.2, 0) is 29.8 Å². The van der Waals surface area contributed by atoms with Gasteiger partial charge >= 0.3 is 0 Å². The van der Waals surface area contributed by atoms with Gasteiger partial charge < -0.3 is 11.5 Å². The molecular formula is C19H20N2O8S2. The maximum atomic E-state index is 11.2. The van der Waals surface area contributed by atoms with E-state index in [-0.39, 0.29) is 11.1 Å². The molecule has 2 rings (SSSR count). The van der Waals surface area contributed by atoms with Crippen molar-refractivity contribution in [1.29, 1.82) is 0 Å². The van der Waals surface area contributed by atoms with Crippen LogP contribution < -0.4 is 11.5 Å². The molecule has 0 bridgehead atoms. The molecular weight excluding hydrogens is 448 g/mol. The first kappa shape index (κ1) is 25.7. The highest BCUT2D eigenvalue weighted by molar-refractivity contribution is 7.95. The number of primary amides is 2. The van der Waals surface area contributed by atoms with Gasteiger partial charge in [0.2, 0.25) is 5.91 Å². The number of hydrogen-bond donors (Lipinski definition) is 4. The predicted molar refractivity (Wildman–Crippen MR) is 115 cm³/mol. The third kappa shape index (κ3) is 8.14. The van der Waals surface area contributed by atoms with Crippen LogP contribution in [0, 0.1) is 0 Å². The van der Waals surface area contributed by atoms with E-state index in [0.29, 0.717) is 5.56 Å². The minimum absolute atomic E-state index is 0.200. The van der Waals surface area contributed by atoms with E-state index >= 15 is 0 Å². The van der Waals surface area contributed by atoms with Gasteiger partial charge in [0.1, 0.15) is 4.91 Å². The van der Waals surface area contributed by atoms with Crippen molar-refractivity contribution in [1.82, 2.24) is 0 Å². The molecule has 0 aliphatic heterocycles. The Kier molecular flexibility index (Phi) is 8.82. The first-order valence-electron chi connectivity index (χ1n) is 8.32. The van der Waals surface area contributed by atoms with E-state index in [0.717, 1.165) is 6.08 Å². The molecule has 2 amide bonds. The van der Waals surface area contributed by atoms with Crippen LogP contribution in [0.1, 0.15) is 18.1 Å². The van der Waals surface area contributed by atoms with Crippen molar-refractivity contribution < 1.29 is 35.5 Å². The number of carbonyl (C=O) groups excluding carboxylic acids is 2. The molecule has 2 aromatic rings. The van der Waals surface area contributed by atoms with E-state index in [9.17, 15) is 26.4 Å². The Bertz CT molecular complexity index is 1220. The lowest BCUT2D eigenvalue weighted by Gasteiger charge is -2.07. The van der Waals surface area contributed by atoms with Gasteiger partial charge in [0.25, 0.3) is 26.1 Å². The van der Waals surface area contributed by atoms with Gasteiger partial charge in [0.15, 0.2) is 4.91 Å². The topological polar surface area (TPSA) is 195 Å². The van der Waals surface area contributed by atoms with Crippen LogP contribution in [0.25, 0.3) is 11.0 Å². The van der Waals surface area contributed by atoms with E-state index in [1.807, 2.05) is 0 Å². The van der Waals surface area contributed by atoms with Gasteiger partial charge in [-0.2, -0.15) is 16.8 Å². The molecule has 2 aromatic carbocycles. The van der Waals surface area contributed by atoms with Crippen molar-refractivity contribution in [3.63, 3.8) is 0 Å². The second-order valence-corrected chi connectivity index (χ2v) is 8.67. The van der Waals surface area contributed by atoms with Gasteiger partial charge in [0, 0.05) is 5.57 Å². The normalized spacial score (nSPS) is 12.8. The third-order valence-corrected chi connectivity index (χ3v) is 5.55. The highest BCUT2D eigenvalue weighted by Gasteiger charge is 2.22. The molecule has 166 valence electrons. The fourth-order valence-electron chi connectivity index (χ4n) is 2.23. The molecule has 0 radical (unpaired) electrons. The Hall–Kier alpha value is -3.32. The second-order valence-electron chi connectivity index (χ2n) is 5.92. The van der Waals surface area contributed by atoms with E-state index in [2.05, 4.69) is 0 Å². The van der Waals surface area contributed by atoms with Crippen LogP contribution in [0.3, 0.4) is 0 Å². The summed E-state index contributed by atoms with van der Waals surface area (Å²) in [6.45, 7) is 1.25. The van der Waals surface area contributed by atoms with Crippen LogP contribution in [0.2, 0.25) is 0 Å². The predicted octanol–water partition coefficient (Wildman–Crippen LogP) is 1.19. The van der Waals surface area contributed by atoms with Gasteiger partial charge in [-0.3, -0.25) is 18.7 Å². The molecule has 0 aliphatic rings. The zero-order chi connectivity index (χ0) is 23.8. The molecule has 0 saturated heterocycles. The minimum atomic E-state index is -4.58. The highest BCUT2D eigenvalue weighted by Crippen LogP contribution is 2.23. The van der Waals surface area contributed by atoms with E-state index in [1.165, 1.54) is 19.1 Å². The standard InChI is InChI=1S/C10H11NO4S.C9H9NO4S/c1-7(10(11)12)9(16(13,14)15)8-5-3-2-4-6-8;10-9(11)8(15(12,13)14)6-7-4-2-1-3-5-7/h2-6H,1H3,(H2,11,12)(H,13,14,15);1-6H,(H2,10,11)(H,12,13,14)/b9-7+;8-6+. The molecule has 12 heteroatoms. The summed E-state index contributed by atoms with van der Waals surface area (Å²) in [6.07, 6.45) is 1.01. The zero-order valence-corrected chi connectivity index (χ0v) is 17.8. The van der Waals surface area contributed by atoms with Gasteiger partial charge in [-0.25, -0.2) is 0 Å². The molecule has 0 unspecified atom stereocenters. The summed E-state index contributed by atoms with van der Waals surface area (Å²) in [5.74, 6) is -2.09. The Morgan fingerprint density at radius 1 is 0.774 bits per heavy atom. The SMILES string of the molecule is C/C(C(N)=O)=C(/c1ccccc1)S(=O)(=O)O.NC(=O)/C(=C\c1ccccc1)S(=O)(=O)O. The lowest BCUT2D eigenvalue weighted by Crippen LogP contribution is -2.20. The van der Waals surface area contributed by atoms with Gasteiger partial charge in [-0.15, -0.1) is 0 Å². The Balaban J connectivity index is 0.000000311. The number of carbonyl (C=O) groups is 2. The molecule has 0 aromatic heterocycles. The Morgan fingerprint density at radius 2 is 1.23 bits per heavy atom. The van der Waals surface area contributed by atoms with Crippen LogP contribution in [0.15, 0.2) is 71.1 Å². The molecule has 0 saturated carbocycles. The summed E-state index contributed by atoms with van der Waals surface area (Å²) in [6, 6.07) is 16.0. The van der Waals surface area contributed by atoms with Gasteiger partial charge in [-0.1, -0.05) is 60.7 Å². The number of amides is 2. The van der Waals surface area contributed by atoms with Gasteiger partial charge in [-0.05, 0) is 24.1 Å². The summed E-state index contributed by atoms with van der Waals surface area (Å²) < 4.78 is 61.6. The molecule has 0 aliphatic carbocycles. The Morgan fingerprint density at radius 3 is 1.58 bits per heavy atom. The fraction of sp³-hybridized carbons (Fsp3) is 0.0526. The van der Waals surface area contributed by atoms with Crippen molar-refractivity contribution >= 4 is 43.0 Å². The quantitative estimate of drug-likeness (QED) is 0.358. The van der Waals surface area contributed by atoms with Crippen molar-refractivity contribution in [2.75, 3.05) is 0 Å². The first-order valence-corrected chi connectivity index (χ1v) is 11.2. The molecule has 0 fully saturated rings. The summed E-state index contributed by atoms with van der Waals surface area (Å²) in [7, 11) is -9.06. The van der Waals surface area contributed by atoms with Crippen LogP contribution in [0.5, 0.6) is 0 Å². The van der Waals surface area contributed by atoms with Gasteiger partial charge in [0.05, 0.1) is 0 Å². The second kappa shape index (κ2) is 10.6. The highest BCUT2D eigenvalue weighted by atomic mass is 32.2.